The molecule has 0 amide bonds. The summed E-state index contributed by atoms with van der Waals surface area (Å²) < 4.78 is 23.0. The fraction of sp³-hybridized carbons (Fsp3) is 0.333. The van der Waals surface area contributed by atoms with Crippen LogP contribution in [0, 0.1) is 6.92 Å². The van der Waals surface area contributed by atoms with Crippen molar-refractivity contribution in [1.82, 2.24) is 9.78 Å². The summed E-state index contributed by atoms with van der Waals surface area (Å²) in [6, 6.07) is 0. The monoisotopic (exact) mass is 272 g/mol. The van der Waals surface area contributed by atoms with Crippen molar-refractivity contribution in [3.8, 4) is 0 Å². The number of hydrogen-bond acceptors (Lipinski definition) is 4. The topological polar surface area (TPSA) is 89.3 Å². The van der Waals surface area contributed by atoms with E-state index in [-0.39, 0.29) is 15.7 Å². The SMILES string of the molecule is Cc1nn(CC(=O)O)c(Cl)c1S(=O)(=O)Cl. The fourth-order valence-corrected chi connectivity index (χ4v) is 2.96. The minimum absolute atomic E-state index is 0.0660. The van der Waals surface area contributed by atoms with E-state index in [2.05, 4.69) is 5.10 Å². The molecule has 84 valence electrons. The molecule has 1 rings (SSSR count). The second kappa shape index (κ2) is 3.99. The van der Waals surface area contributed by atoms with Crippen molar-refractivity contribution in [3.63, 3.8) is 0 Å². The van der Waals surface area contributed by atoms with E-state index in [1.54, 1.807) is 0 Å². The van der Waals surface area contributed by atoms with Gasteiger partial charge in [0.05, 0.1) is 5.69 Å². The smallest absolute Gasteiger partial charge is 0.325 e. The van der Waals surface area contributed by atoms with Crippen LogP contribution in [-0.4, -0.2) is 29.3 Å². The molecule has 0 radical (unpaired) electrons. The van der Waals surface area contributed by atoms with Crippen LogP contribution >= 0.6 is 22.3 Å². The van der Waals surface area contributed by atoms with Gasteiger partial charge in [-0.3, -0.25) is 4.79 Å². The molecule has 1 aromatic rings. The number of aromatic nitrogens is 2. The predicted octanol–water partition coefficient (Wildman–Crippen LogP) is 0.857. The molecule has 0 saturated carbocycles. The molecule has 0 bridgehead atoms. The first-order valence-corrected chi connectivity index (χ1v) is 6.31. The normalized spacial score (nSPS) is 11.7. The Labute approximate surface area is 94.8 Å². The number of hydrogen-bond donors (Lipinski definition) is 1. The summed E-state index contributed by atoms with van der Waals surface area (Å²) in [6.07, 6.45) is 0. The minimum atomic E-state index is -4.02. The van der Waals surface area contributed by atoms with Gasteiger partial charge in [0.15, 0.2) is 0 Å². The van der Waals surface area contributed by atoms with E-state index in [1.807, 2.05) is 0 Å². The number of carboxylic acid groups (broad SMARTS) is 1. The quantitative estimate of drug-likeness (QED) is 0.825. The van der Waals surface area contributed by atoms with Gasteiger partial charge in [0.25, 0.3) is 9.05 Å². The maximum absolute atomic E-state index is 11.1. The lowest BCUT2D eigenvalue weighted by Crippen LogP contribution is -2.10. The first kappa shape index (κ1) is 12.3. The summed E-state index contributed by atoms with van der Waals surface area (Å²) in [6.45, 7) is 0.853. The third kappa shape index (κ3) is 2.61. The second-order valence-electron chi connectivity index (χ2n) is 2.69. The van der Waals surface area contributed by atoms with Crippen molar-refractivity contribution in [3.05, 3.63) is 10.8 Å². The Hall–Kier alpha value is -0.790. The fourth-order valence-electron chi connectivity index (χ4n) is 1.05. The van der Waals surface area contributed by atoms with Crippen molar-refractivity contribution < 1.29 is 18.3 Å². The molecule has 0 aliphatic rings. The van der Waals surface area contributed by atoms with E-state index in [0.717, 1.165) is 4.68 Å². The first-order valence-electron chi connectivity index (χ1n) is 3.63. The van der Waals surface area contributed by atoms with Gasteiger partial charge >= 0.3 is 5.97 Å². The molecule has 0 fully saturated rings. The Morgan fingerprint density at radius 2 is 2.13 bits per heavy atom. The van der Waals surface area contributed by atoms with Crippen molar-refractivity contribution >= 4 is 37.3 Å². The standard InChI is InChI=1S/C6H6Cl2N2O4S/c1-3-5(15(8,13)14)6(7)10(9-3)2-4(11)12/h2H2,1H3,(H,11,12). The molecule has 0 spiro atoms. The van der Waals surface area contributed by atoms with Crippen molar-refractivity contribution in [1.29, 1.82) is 0 Å². The van der Waals surface area contributed by atoms with Gasteiger partial charge in [-0.15, -0.1) is 0 Å². The van der Waals surface area contributed by atoms with Gasteiger partial charge in [-0.25, -0.2) is 13.1 Å². The molecule has 6 nitrogen and oxygen atoms in total. The molecule has 0 saturated heterocycles. The molecule has 1 N–H and O–H groups in total. The van der Waals surface area contributed by atoms with E-state index in [4.69, 9.17) is 27.4 Å². The molecule has 0 aliphatic carbocycles. The van der Waals surface area contributed by atoms with Gasteiger partial charge in [0.2, 0.25) is 0 Å². The molecular formula is C6H6Cl2N2O4S. The van der Waals surface area contributed by atoms with E-state index in [9.17, 15) is 13.2 Å². The molecule has 0 aromatic carbocycles. The summed E-state index contributed by atoms with van der Waals surface area (Å²) >= 11 is 5.63. The van der Waals surface area contributed by atoms with Crippen LogP contribution in [0.5, 0.6) is 0 Å². The third-order valence-electron chi connectivity index (χ3n) is 1.54. The van der Waals surface area contributed by atoms with Gasteiger partial charge < -0.3 is 5.11 Å². The third-order valence-corrected chi connectivity index (χ3v) is 3.48. The van der Waals surface area contributed by atoms with Crippen molar-refractivity contribution in [2.24, 2.45) is 0 Å². The Morgan fingerprint density at radius 1 is 1.60 bits per heavy atom. The molecule has 0 atom stereocenters. The van der Waals surface area contributed by atoms with Crippen LogP contribution in [0.4, 0.5) is 0 Å². The number of halogens is 2. The Kier molecular flexibility index (Phi) is 3.27. The maximum Gasteiger partial charge on any atom is 0.325 e. The largest absolute Gasteiger partial charge is 0.480 e. The molecular weight excluding hydrogens is 267 g/mol. The van der Waals surface area contributed by atoms with E-state index in [1.165, 1.54) is 6.92 Å². The molecule has 0 unspecified atom stereocenters. The average molecular weight is 273 g/mol. The summed E-state index contributed by atoms with van der Waals surface area (Å²) in [5, 5.41) is 11.8. The summed E-state index contributed by atoms with van der Waals surface area (Å²) in [4.78, 5) is 10.0. The predicted molar refractivity (Wildman–Crippen MR) is 52.6 cm³/mol. The zero-order valence-electron chi connectivity index (χ0n) is 7.44. The number of rotatable bonds is 3. The van der Waals surface area contributed by atoms with Crippen molar-refractivity contribution in [2.75, 3.05) is 0 Å². The number of carboxylic acids is 1. The summed E-state index contributed by atoms with van der Waals surface area (Å²) in [7, 11) is 1.09. The number of aliphatic carboxylic acids is 1. The van der Waals surface area contributed by atoms with Gasteiger partial charge in [-0.1, -0.05) is 11.6 Å². The van der Waals surface area contributed by atoms with Gasteiger partial charge in [-0.2, -0.15) is 5.10 Å². The first-order chi connectivity index (χ1) is 6.73. The van der Waals surface area contributed by atoms with Crippen molar-refractivity contribution in [2.45, 2.75) is 18.4 Å². The van der Waals surface area contributed by atoms with E-state index < -0.39 is 21.6 Å². The van der Waals surface area contributed by atoms with Crippen LogP contribution in [0.1, 0.15) is 5.69 Å². The molecule has 0 aliphatic heterocycles. The van der Waals surface area contributed by atoms with Crippen LogP contribution in [0.15, 0.2) is 4.90 Å². The highest BCUT2D eigenvalue weighted by Crippen LogP contribution is 2.27. The number of nitrogens with zero attached hydrogens (tertiary/aromatic N) is 2. The summed E-state index contributed by atoms with van der Waals surface area (Å²) in [5.74, 6) is -1.18. The Bertz CT molecular complexity index is 507. The Morgan fingerprint density at radius 3 is 2.47 bits per heavy atom. The highest BCUT2D eigenvalue weighted by atomic mass is 35.7. The number of carbonyl (C=O) groups is 1. The van der Waals surface area contributed by atoms with Crippen LogP contribution in [-0.2, 0) is 20.4 Å². The molecule has 1 aromatic heterocycles. The Balaban J connectivity index is 3.33. The molecule has 1 heterocycles. The zero-order valence-corrected chi connectivity index (χ0v) is 9.77. The average Bonchev–Trinajstić information content (AvgIpc) is 2.23. The lowest BCUT2D eigenvalue weighted by atomic mass is 10.5. The maximum atomic E-state index is 11.1. The van der Waals surface area contributed by atoms with Crippen LogP contribution in [0.25, 0.3) is 0 Å². The van der Waals surface area contributed by atoms with Gasteiger partial charge in [0, 0.05) is 10.7 Å². The summed E-state index contributed by atoms with van der Waals surface area (Å²) in [5.41, 5.74) is 0.0660. The van der Waals surface area contributed by atoms with Gasteiger partial charge in [-0.05, 0) is 6.92 Å². The van der Waals surface area contributed by atoms with E-state index >= 15 is 0 Å². The lowest BCUT2D eigenvalue weighted by Gasteiger charge is -1.97. The number of aryl methyl sites for hydroxylation is 1. The molecule has 15 heavy (non-hydrogen) atoms. The van der Waals surface area contributed by atoms with Crippen LogP contribution < -0.4 is 0 Å². The molecule has 9 heteroatoms. The minimum Gasteiger partial charge on any atom is -0.480 e. The van der Waals surface area contributed by atoms with Crippen LogP contribution in [0.3, 0.4) is 0 Å². The van der Waals surface area contributed by atoms with Crippen LogP contribution in [0.2, 0.25) is 5.15 Å². The lowest BCUT2D eigenvalue weighted by molar-refractivity contribution is -0.137. The highest BCUT2D eigenvalue weighted by Gasteiger charge is 2.24. The highest BCUT2D eigenvalue weighted by molar-refractivity contribution is 8.13. The second-order valence-corrected chi connectivity index (χ2v) is 5.56. The zero-order chi connectivity index (χ0) is 11.8. The van der Waals surface area contributed by atoms with Gasteiger partial charge in [0.1, 0.15) is 16.6 Å². The van der Waals surface area contributed by atoms with E-state index in [0.29, 0.717) is 0 Å².